The van der Waals surface area contributed by atoms with E-state index in [2.05, 4.69) is 47.6 Å². The Morgan fingerprint density at radius 2 is 2.29 bits per heavy atom. The summed E-state index contributed by atoms with van der Waals surface area (Å²) in [6, 6.07) is 0.564. The molecule has 0 saturated carbocycles. The SMILES string of the molecule is CN1C=CC(C2CNCCN2C)=CC1. The van der Waals surface area contributed by atoms with Crippen molar-refractivity contribution >= 4 is 0 Å². The fourth-order valence-corrected chi connectivity index (χ4v) is 2.02. The van der Waals surface area contributed by atoms with Gasteiger partial charge in [0.25, 0.3) is 0 Å². The normalized spacial score (nSPS) is 29.1. The van der Waals surface area contributed by atoms with Gasteiger partial charge in [0.05, 0.1) is 0 Å². The van der Waals surface area contributed by atoms with E-state index in [0.717, 1.165) is 26.2 Å². The first-order valence-electron chi connectivity index (χ1n) is 5.27. The van der Waals surface area contributed by atoms with Gasteiger partial charge in [-0.05, 0) is 24.9 Å². The van der Waals surface area contributed by atoms with Gasteiger partial charge in [-0.3, -0.25) is 4.90 Å². The lowest BCUT2D eigenvalue weighted by molar-refractivity contribution is 0.228. The second-order valence-corrected chi connectivity index (χ2v) is 4.16. The predicted octanol–water partition coefficient (Wildman–Crippen LogP) is 0.275. The first-order chi connectivity index (χ1) is 6.77. The van der Waals surface area contributed by atoms with E-state index >= 15 is 0 Å². The summed E-state index contributed by atoms with van der Waals surface area (Å²) in [5.74, 6) is 0. The second-order valence-electron chi connectivity index (χ2n) is 4.16. The van der Waals surface area contributed by atoms with Crippen molar-refractivity contribution in [2.24, 2.45) is 0 Å². The van der Waals surface area contributed by atoms with Crippen LogP contribution >= 0.6 is 0 Å². The van der Waals surface area contributed by atoms with Crippen molar-refractivity contribution in [3.8, 4) is 0 Å². The molecule has 0 aliphatic carbocycles. The molecule has 3 nitrogen and oxygen atoms in total. The number of piperazine rings is 1. The van der Waals surface area contributed by atoms with Crippen molar-refractivity contribution < 1.29 is 0 Å². The molecule has 0 bridgehead atoms. The Morgan fingerprint density at radius 3 is 2.93 bits per heavy atom. The third kappa shape index (κ3) is 1.99. The Bertz CT molecular complexity index is 257. The van der Waals surface area contributed by atoms with Gasteiger partial charge in [0.2, 0.25) is 0 Å². The molecule has 1 saturated heterocycles. The highest BCUT2D eigenvalue weighted by Gasteiger charge is 2.21. The minimum atomic E-state index is 0.564. The Labute approximate surface area is 86.1 Å². The predicted molar refractivity (Wildman–Crippen MR) is 59.1 cm³/mol. The van der Waals surface area contributed by atoms with Crippen molar-refractivity contribution in [2.75, 3.05) is 40.3 Å². The van der Waals surface area contributed by atoms with Gasteiger partial charge in [-0.1, -0.05) is 6.08 Å². The molecule has 1 fully saturated rings. The molecule has 2 rings (SSSR count). The van der Waals surface area contributed by atoms with Gasteiger partial charge in [0.15, 0.2) is 0 Å². The fraction of sp³-hybridized carbons (Fsp3) is 0.636. The van der Waals surface area contributed by atoms with E-state index in [1.54, 1.807) is 0 Å². The molecule has 0 aromatic carbocycles. The largest absolute Gasteiger partial charge is 0.377 e. The van der Waals surface area contributed by atoms with E-state index in [4.69, 9.17) is 0 Å². The summed E-state index contributed by atoms with van der Waals surface area (Å²) in [6.07, 6.45) is 6.73. The van der Waals surface area contributed by atoms with Crippen LogP contribution in [0, 0.1) is 0 Å². The minimum absolute atomic E-state index is 0.564. The number of likely N-dealkylation sites (N-methyl/N-ethyl adjacent to an activating group) is 2. The molecule has 2 heterocycles. The lowest BCUT2D eigenvalue weighted by atomic mass is 10.0. The van der Waals surface area contributed by atoms with Crippen LogP contribution in [0.25, 0.3) is 0 Å². The van der Waals surface area contributed by atoms with Gasteiger partial charge in [-0.2, -0.15) is 0 Å². The van der Waals surface area contributed by atoms with Gasteiger partial charge in [0, 0.05) is 39.3 Å². The molecular weight excluding hydrogens is 174 g/mol. The van der Waals surface area contributed by atoms with Crippen LogP contribution < -0.4 is 5.32 Å². The summed E-state index contributed by atoms with van der Waals surface area (Å²) in [6.45, 7) is 4.38. The van der Waals surface area contributed by atoms with Crippen LogP contribution in [0.15, 0.2) is 23.9 Å². The maximum absolute atomic E-state index is 3.44. The van der Waals surface area contributed by atoms with Crippen molar-refractivity contribution in [1.82, 2.24) is 15.1 Å². The molecule has 2 aliphatic rings. The lowest BCUT2D eigenvalue weighted by Crippen LogP contribution is -2.50. The number of hydrogen-bond acceptors (Lipinski definition) is 3. The third-order valence-corrected chi connectivity index (χ3v) is 3.03. The smallest absolute Gasteiger partial charge is 0.0468 e. The lowest BCUT2D eigenvalue weighted by Gasteiger charge is -2.35. The Kier molecular flexibility index (Phi) is 2.89. The van der Waals surface area contributed by atoms with Gasteiger partial charge >= 0.3 is 0 Å². The molecule has 14 heavy (non-hydrogen) atoms. The molecule has 2 aliphatic heterocycles. The molecule has 0 radical (unpaired) electrons. The monoisotopic (exact) mass is 193 g/mol. The minimum Gasteiger partial charge on any atom is -0.377 e. The number of nitrogens with zero attached hydrogens (tertiary/aromatic N) is 2. The van der Waals surface area contributed by atoms with Crippen molar-refractivity contribution in [1.29, 1.82) is 0 Å². The first-order valence-corrected chi connectivity index (χ1v) is 5.27. The van der Waals surface area contributed by atoms with E-state index in [9.17, 15) is 0 Å². The zero-order valence-corrected chi connectivity index (χ0v) is 9.03. The van der Waals surface area contributed by atoms with E-state index in [-0.39, 0.29) is 0 Å². The molecular formula is C11H19N3. The average Bonchev–Trinajstić information content (AvgIpc) is 2.20. The van der Waals surface area contributed by atoms with Gasteiger partial charge < -0.3 is 10.2 Å². The van der Waals surface area contributed by atoms with E-state index in [1.165, 1.54) is 5.57 Å². The quantitative estimate of drug-likeness (QED) is 0.645. The summed E-state index contributed by atoms with van der Waals surface area (Å²) >= 11 is 0. The van der Waals surface area contributed by atoms with E-state index in [0.29, 0.717) is 6.04 Å². The highest BCUT2D eigenvalue weighted by molar-refractivity contribution is 5.28. The third-order valence-electron chi connectivity index (χ3n) is 3.03. The molecule has 0 aromatic rings. The molecule has 0 spiro atoms. The number of nitrogens with one attached hydrogen (secondary N) is 1. The molecule has 0 amide bonds. The maximum atomic E-state index is 3.44. The van der Waals surface area contributed by atoms with E-state index in [1.807, 2.05) is 0 Å². The summed E-state index contributed by atoms with van der Waals surface area (Å²) < 4.78 is 0. The first kappa shape index (κ1) is 9.74. The Balaban J connectivity index is 2.03. The van der Waals surface area contributed by atoms with Gasteiger partial charge in [-0.25, -0.2) is 0 Å². The van der Waals surface area contributed by atoms with Gasteiger partial charge in [0.1, 0.15) is 0 Å². The highest BCUT2D eigenvalue weighted by atomic mass is 15.2. The van der Waals surface area contributed by atoms with Crippen LogP contribution in [0.5, 0.6) is 0 Å². The zero-order chi connectivity index (χ0) is 9.97. The van der Waals surface area contributed by atoms with Crippen LogP contribution in [-0.4, -0.2) is 56.1 Å². The van der Waals surface area contributed by atoms with Gasteiger partial charge in [-0.15, -0.1) is 0 Å². The second kappa shape index (κ2) is 4.15. The molecule has 78 valence electrons. The zero-order valence-electron chi connectivity index (χ0n) is 9.03. The Morgan fingerprint density at radius 1 is 1.43 bits per heavy atom. The Hall–Kier alpha value is -0.800. The topological polar surface area (TPSA) is 18.5 Å². The highest BCUT2D eigenvalue weighted by Crippen LogP contribution is 2.15. The summed E-state index contributed by atoms with van der Waals surface area (Å²) in [4.78, 5) is 4.62. The summed E-state index contributed by atoms with van der Waals surface area (Å²) in [5.41, 5.74) is 1.46. The fourth-order valence-electron chi connectivity index (χ4n) is 2.02. The average molecular weight is 193 g/mol. The van der Waals surface area contributed by atoms with Crippen LogP contribution in [0.4, 0.5) is 0 Å². The number of rotatable bonds is 1. The number of hydrogen-bond donors (Lipinski definition) is 1. The van der Waals surface area contributed by atoms with Crippen LogP contribution in [0.3, 0.4) is 0 Å². The molecule has 1 N–H and O–H groups in total. The summed E-state index contributed by atoms with van der Waals surface area (Å²) in [7, 11) is 4.31. The molecule has 0 aromatic heterocycles. The van der Waals surface area contributed by atoms with Crippen LogP contribution in [-0.2, 0) is 0 Å². The molecule has 1 atom stereocenters. The van der Waals surface area contributed by atoms with Crippen molar-refractivity contribution in [2.45, 2.75) is 6.04 Å². The van der Waals surface area contributed by atoms with Crippen LogP contribution in [0.2, 0.25) is 0 Å². The van der Waals surface area contributed by atoms with E-state index < -0.39 is 0 Å². The molecule has 1 unspecified atom stereocenters. The summed E-state index contributed by atoms with van der Waals surface area (Å²) in [5, 5.41) is 3.44. The van der Waals surface area contributed by atoms with Crippen molar-refractivity contribution in [3.63, 3.8) is 0 Å². The van der Waals surface area contributed by atoms with Crippen LogP contribution in [0.1, 0.15) is 0 Å². The molecule has 3 heteroatoms. The van der Waals surface area contributed by atoms with Crippen molar-refractivity contribution in [3.05, 3.63) is 23.9 Å². The maximum Gasteiger partial charge on any atom is 0.0468 e. The standard InChI is InChI=1S/C11H19N3/c1-13-6-3-10(4-7-13)11-9-12-5-8-14(11)2/h3-4,6,11-12H,5,7-9H2,1-2H3.